The van der Waals surface area contributed by atoms with Crippen LogP contribution in [-0.2, 0) is 4.74 Å². The van der Waals surface area contributed by atoms with E-state index in [4.69, 9.17) is 4.74 Å². The quantitative estimate of drug-likeness (QED) is 0.582. The molecule has 0 aliphatic carbocycles. The van der Waals surface area contributed by atoms with Gasteiger partial charge in [0.05, 0.1) is 12.7 Å². The van der Waals surface area contributed by atoms with E-state index < -0.39 is 0 Å². The van der Waals surface area contributed by atoms with Crippen molar-refractivity contribution in [1.82, 2.24) is 10.2 Å². The molecule has 0 fully saturated rings. The minimum Gasteiger partial charge on any atom is -0.377 e. The molecule has 1 N–H and O–H groups in total. The molecule has 0 rings (SSSR count). The van der Waals surface area contributed by atoms with Crippen molar-refractivity contribution in [2.75, 3.05) is 33.3 Å². The normalized spacial score (nSPS) is 12.0. The first-order valence-electron chi connectivity index (χ1n) is 6.56. The minimum atomic E-state index is 0.351. The zero-order valence-corrected chi connectivity index (χ0v) is 11.8. The van der Waals surface area contributed by atoms with E-state index >= 15 is 0 Å². The molecule has 0 radical (unpaired) electrons. The lowest BCUT2D eigenvalue weighted by atomic mass is 10.2. The van der Waals surface area contributed by atoms with Crippen LogP contribution in [0.2, 0.25) is 0 Å². The Balaban J connectivity index is 3.20. The molecule has 3 heteroatoms. The summed E-state index contributed by atoms with van der Waals surface area (Å²) >= 11 is 0. The second-order valence-electron chi connectivity index (χ2n) is 5.04. The van der Waals surface area contributed by atoms with Gasteiger partial charge in [0.2, 0.25) is 0 Å². The number of ether oxygens (including phenoxy) is 1. The summed E-state index contributed by atoms with van der Waals surface area (Å²) in [7, 11) is 2.17. The molecule has 16 heavy (non-hydrogen) atoms. The topological polar surface area (TPSA) is 24.5 Å². The van der Waals surface area contributed by atoms with Gasteiger partial charge >= 0.3 is 0 Å². The Kier molecular flexibility index (Phi) is 9.99. The molecule has 0 saturated carbocycles. The summed E-state index contributed by atoms with van der Waals surface area (Å²) in [5.74, 6) is 0. The van der Waals surface area contributed by atoms with Crippen molar-refractivity contribution in [3.05, 3.63) is 0 Å². The van der Waals surface area contributed by atoms with E-state index in [0.29, 0.717) is 12.1 Å². The lowest BCUT2D eigenvalue weighted by molar-refractivity contribution is 0.0636. The summed E-state index contributed by atoms with van der Waals surface area (Å²) in [6.07, 6.45) is 2.87. The monoisotopic (exact) mass is 230 g/mol. The largest absolute Gasteiger partial charge is 0.377 e. The fourth-order valence-electron chi connectivity index (χ4n) is 1.45. The molecule has 0 aromatic rings. The van der Waals surface area contributed by atoms with Crippen molar-refractivity contribution in [1.29, 1.82) is 0 Å². The summed E-state index contributed by atoms with van der Waals surface area (Å²) < 4.78 is 5.52. The predicted octanol–water partition coefficient (Wildman–Crippen LogP) is 2.12. The van der Waals surface area contributed by atoms with E-state index in [-0.39, 0.29) is 0 Å². The van der Waals surface area contributed by atoms with Gasteiger partial charge in [0.25, 0.3) is 0 Å². The van der Waals surface area contributed by atoms with Crippen LogP contribution in [0, 0.1) is 0 Å². The number of hydrogen-bond donors (Lipinski definition) is 1. The third-order valence-corrected chi connectivity index (χ3v) is 2.44. The van der Waals surface area contributed by atoms with Crippen molar-refractivity contribution in [2.45, 2.75) is 52.7 Å². The Morgan fingerprint density at radius 3 is 2.31 bits per heavy atom. The molecule has 3 nitrogen and oxygen atoms in total. The van der Waals surface area contributed by atoms with Gasteiger partial charge < -0.3 is 15.0 Å². The van der Waals surface area contributed by atoms with E-state index in [1.165, 1.54) is 19.4 Å². The maximum Gasteiger partial charge on any atom is 0.0596 e. The van der Waals surface area contributed by atoms with Gasteiger partial charge in [-0.2, -0.15) is 0 Å². The zero-order valence-electron chi connectivity index (χ0n) is 11.8. The zero-order chi connectivity index (χ0) is 12.4. The van der Waals surface area contributed by atoms with Gasteiger partial charge in [0, 0.05) is 12.6 Å². The molecule has 0 spiro atoms. The second-order valence-corrected chi connectivity index (χ2v) is 5.04. The Morgan fingerprint density at radius 1 is 1.06 bits per heavy atom. The fraction of sp³-hybridized carbons (Fsp3) is 1.00. The highest BCUT2D eigenvalue weighted by molar-refractivity contribution is 4.56. The van der Waals surface area contributed by atoms with Crippen LogP contribution >= 0.6 is 0 Å². The Hall–Kier alpha value is -0.120. The van der Waals surface area contributed by atoms with Gasteiger partial charge in [-0.1, -0.05) is 13.8 Å². The molecule has 0 bridgehead atoms. The van der Waals surface area contributed by atoms with Crippen LogP contribution in [0.1, 0.15) is 40.5 Å². The van der Waals surface area contributed by atoms with Crippen LogP contribution in [-0.4, -0.2) is 50.3 Å². The van der Waals surface area contributed by atoms with Gasteiger partial charge in [-0.05, 0) is 46.8 Å². The number of hydrogen-bond acceptors (Lipinski definition) is 3. The van der Waals surface area contributed by atoms with Crippen molar-refractivity contribution in [3.63, 3.8) is 0 Å². The maximum atomic E-state index is 5.52. The van der Waals surface area contributed by atoms with Crippen molar-refractivity contribution in [2.24, 2.45) is 0 Å². The van der Waals surface area contributed by atoms with Crippen LogP contribution in [0.4, 0.5) is 0 Å². The third kappa shape index (κ3) is 12.0. The number of nitrogens with zero attached hydrogens (tertiary/aromatic N) is 1. The molecular weight excluding hydrogens is 200 g/mol. The van der Waals surface area contributed by atoms with Crippen molar-refractivity contribution >= 4 is 0 Å². The Bertz CT molecular complexity index is 149. The lowest BCUT2D eigenvalue weighted by Gasteiger charge is -2.17. The van der Waals surface area contributed by atoms with E-state index in [1.54, 1.807) is 0 Å². The molecule has 0 heterocycles. The summed E-state index contributed by atoms with van der Waals surface area (Å²) in [6, 6.07) is 0.608. The van der Waals surface area contributed by atoms with E-state index in [0.717, 1.165) is 19.7 Å². The fourth-order valence-corrected chi connectivity index (χ4v) is 1.45. The predicted molar refractivity (Wildman–Crippen MR) is 71.0 cm³/mol. The van der Waals surface area contributed by atoms with Gasteiger partial charge in [-0.3, -0.25) is 0 Å². The van der Waals surface area contributed by atoms with E-state index in [2.05, 4.69) is 45.0 Å². The summed E-state index contributed by atoms with van der Waals surface area (Å²) in [6.45, 7) is 12.7. The molecule has 0 atom stereocenters. The molecule has 98 valence electrons. The Morgan fingerprint density at radius 2 is 1.75 bits per heavy atom. The lowest BCUT2D eigenvalue weighted by Crippen LogP contribution is -2.27. The molecular formula is C13H30N2O. The second kappa shape index (κ2) is 10.1. The smallest absolute Gasteiger partial charge is 0.0596 e. The first kappa shape index (κ1) is 15.9. The summed E-state index contributed by atoms with van der Waals surface area (Å²) in [5.41, 5.74) is 0. The van der Waals surface area contributed by atoms with Crippen molar-refractivity contribution in [3.8, 4) is 0 Å². The first-order chi connectivity index (χ1) is 7.52. The van der Waals surface area contributed by atoms with Crippen molar-refractivity contribution < 1.29 is 4.74 Å². The number of unbranched alkanes of at least 4 members (excludes halogenated alkanes) is 1. The van der Waals surface area contributed by atoms with Crippen LogP contribution in [0.5, 0.6) is 0 Å². The van der Waals surface area contributed by atoms with Gasteiger partial charge in [0.1, 0.15) is 0 Å². The SMILES string of the molecule is CC(C)NCCCCN(C)CCOC(C)C. The molecule has 0 aliphatic heterocycles. The van der Waals surface area contributed by atoms with E-state index in [9.17, 15) is 0 Å². The highest BCUT2D eigenvalue weighted by Crippen LogP contribution is 1.94. The third-order valence-electron chi connectivity index (χ3n) is 2.44. The standard InChI is InChI=1S/C13H30N2O/c1-12(2)14-8-6-7-9-15(5)10-11-16-13(3)4/h12-14H,6-11H2,1-5H3. The van der Waals surface area contributed by atoms with Gasteiger partial charge in [-0.15, -0.1) is 0 Å². The average Bonchev–Trinajstić information content (AvgIpc) is 2.16. The molecule has 0 aromatic heterocycles. The summed E-state index contributed by atoms with van der Waals surface area (Å²) in [4.78, 5) is 2.34. The molecule has 0 aromatic carbocycles. The van der Waals surface area contributed by atoms with Crippen LogP contribution in [0.25, 0.3) is 0 Å². The number of rotatable bonds is 10. The molecule has 0 amide bonds. The highest BCUT2D eigenvalue weighted by Gasteiger charge is 1.99. The highest BCUT2D eigenvalue weighted by atomic mass is 16.5. The molecule has 0 aliphatic rings. The van der Waals surface area contributed by atoms with Gasteiger partial charge in [0.15, 0.2) is 0 Å². The van der Waals surface area contributed by atoms with Crippen LogP contribution in [0.15, 0.2) is 0 Å². The van der Waals surface area contributed by atoms with E-state index in [1.807, 2.05) is 0 Å². The first-order valence-corrected chi connectivity index (χ1v) is 6.56. The number of nitrogens with one attached hydrogen (secondary N) is 1. The average molecular weight is 230 g/mol. The van der Waals surface area contributed by atoms with Crippen LogP contribution in [0.3, 0.4) is 0 Å². The number of likely N-dealkylation sites (N-methyl/N-ethyl adjacent to an activating group) is 1. The van der Waals surface area contributed by atoms with Crippen LogP contribution < -0.4 is 5.32 Å². The molecule has 0 saturated heterocycles. The minimum absolute atomic E-state index is 0.351. The maximum absolute atomic E-state index is 5.52. The van der Waals surface area contributed by atoms with Gasteiger partial charge in [-0.25, -0.2) is 0 Å². The summed E-state index contributed by atoms with van der Waals surface area (Å²) in [5, 5.41) is 3.43. The Labute approximate surface area is 102 Å². The molecule has 0 unspecified atom stereocenters.